The van der Waals surface area contributed by atoms with Crippen molar-refractivity contribution in [1.82, 2.24) is 4.72 Å². The lowest BCUT2D eigenvalue weighted by molar-refractivity contribution is 0.0982. The van der Waals surface area contributed by atoms with Gasteiger partial charge in [0.15, 0.2) is 0 Å². The smallest absolute Gasteiger partial charge is 0.266 e. The molecule has 0 aliphatic carbocycles. The first kappa shape index (κ1) is 17.5. The van der Waals surface area contributed by atoms with E-state index in [-0.39, 0.29) is 21.9 Å². The number of hydrogen-bond acceptors (Lipinski definition) is 3. The molecule has 0 saturated carbocycles. The number of nitrogens with one attached hydrogen (secondary N) is 1. The lowest BCUT2D eigenvalue weighted by Crippen LogP contribution is -2.32. The van der Waals surface area contributed by atoms with Gasteiger partial charge in [-0.1, -0.05) is 60.1 Å². The third-order valence-electron chi connectivity index (χ3n) is 3.03. The standard InChI is InChI=1S/C16H13Cl2NO3S/c1-11(9-12-5-3-2-4-6-12)23(21,22)19-16(20)14-8-7-13(17)10-15(14)18/h2-8,10H,1,9H2,(H,19,20). The van der Waals surface area contributed by atoms with E-state index in [1.54, 1.807) is 24.3 Å². The molecule has 1 N–H and O–H groups in total. The fourth-order valence-electron chi connectivity index (χ4n) is 1.84. The Bertz CT molecular complexity index is 849. The maximum Gasteiger partial charge on any atom is 0.266 e. The van der Waals surface area contributed by atoms with Crippen LogP contribution >= 0.6 is 23.2 Å². The second kappa shape index (κ2) is 7.17. The molecule has 0 atom stereocenters. The number of allylic oxidation sites excluding steroid dienone is 1. The van der Waals surface area contributed by atoms with Crippen molar-refractivity contribution < 1.29 is 13.2 Å². The maximum absolute atomic E-state index is 12.2. The van der Waals surface area contributed by atoms with E-state index >= 15 is 0 Å². The average molecular weight is 370 g/mol. The van der Waals surface area contributed by atoms with E-state index < -0.39 is 15.9 Å². The Labute approximate surface area is 144 Å². The van der Waals surface area contributed by atoms with Crippen LogP contribution in [0.5, 0.6) is 0 Å². The van der Waals surface area contributed by atoms with Crippen LogP contribution in [-0.4, -0.2) is 14.3 Å². The van der Waals surface area contributed by atoms with Gasteiger partial charge in [-0.05, 0) is 23.8 Å². The van der Waals surface area contributed by atoms with Crippen molar-refractivity contribution in [2.24, 2.45) is 0 Å². The molecule has 2 rings (SSSR count). The summed E-state index contributed by atoms with van der Waals surface area (Å²) in [6, 6.07) is 13.1. The van der Waals surface area contributed by atoms with Crippen LogP contribution < -0.4 is 4.72 Å². The highest BCUT2D eigenvalue weighted by molar-refractivity contribution is 7.93. The van der Waals surface area contributed by atoms with Gasteiger partial charge in [0.2, 0.25) is 0 Å². The average Bonchev–Trinajstić information content (AvgIpc) is 2.47. The molecule has 2 aromatic rings. The first-order valence-electron chi connectivity index (χ1n) is 6.53. The molecule has 0 heterocycles. The molecule has 2 aromatic carbocycles. The third kappa shape index (κ3) is 4.58. The SMILES string of the molecule is C=C(Cc1ccccc1)S(=O)(=O)NC(=O)c1ccc(Cl)cc1Cl. The summed E-state index contributed by atoms with van der Waals surface area (Å²) in [6.07, 6.45) is 0.109. The van der Waals surface area contributed by atoms with E-state index in [1.807, 2.05) is 10.8 Å². The molecule has 23 heavy (non-hydrogen) atoms. The zero-order chi connectivity index (χ0) is 17.0. The Hall–Kier alpha value is -1.82. The summed E-state index contributed by atoms with van der Waals surface area (Å²) in [5.41, 5.74) is 0.798. The second-order valence-electron chi connectivity index (χ2n) is 4.76. The largest absolute Gasteiger partial charge is 0.268 e. The van der Waals surface area contributed by atoms with Gasteiger partial charge in [-0.15, -0.1) is 0 Å². The summed E-state index contributed by atoms with van der Waals surface area (Å²) < 4.78 is 26.4. The van der Waals surface area contributed by atoms with Gasteiger partial charge >= 0.3 is 0 Å². The monoisotopic (exact) mass is 369 g/mol. The number of carbonyl (C=O) groups excluding carboxylic acids is 1. The van der Waals surface area contributed by atoms with Crippen LogP contribution in [0.1, 0.15) is 15.9 Å². The molecule has 120 valence electrons. The van der Waals surface area contributed by atoms with Gasteiger partial charge in [-0.3, -0.25) is 4.79 Å². The molecule has 0 spiro atoms. The molecule has 4 nitrogen and oxygen atoms in total. The summed E-state index contributed by atoms with van der Waals surface area (Å²) in [5, 5.41) is 0.418. The van der Waals surface area contributed by atoms with Gasteiger partial charge in [0.25, 0.3) is 15.9 Å². The molecule has 0 fully saturated rings. The third-order valence-corrected chi connectivity index (χ3v) is 4.93. The molecule has 0 saturated heterocycles. The molecule has 0 aliphatic rings. The second-order valence-corrected chi connectivity index (χ2v) is 7.39. The fraction of sp³-hybridized carbons (Fsp3) is 0.0625. The summed E-state index contributed by atoms with van der Waals surface area (Å²) >= 11 is 11.6. The van der Waals surface area contributed by atoms with E-state index in [9.17, 15) is 13.2 Å². The Morgan fingerprint density at radius 3 is 2.35 bits per heavy atom. The molecule has 0 aliphatic heterocycles. The number of carbonyl (C=O) groups is 1. The molecule has 0 aromatic heterocycles. The zero-order valence-electron chi connectivity index (χ0n) is 11.9. The van der Waals surface area contributed by atoms with Gasteiger partial charge in [0.05, 0.1) is 15.5 Å². The molecule has 0 unspecified atom stereocenters. The van der Waals surface area contributed by atoms with Crippen molar-refractivity contribution in [3.8, 4) is 0 Å². The molecular weight excluding hydrogens is 357 g/mol. The van der Waals surface area contributed by atoms with Crippen molar-refractivity contribution >= 4 is 39.1 Å². The van der Waals surface area contributed by atoms with E-state index in [2.05, 4.69) is 6.58 Å². The van der Waals surface area contributed by atoms with Crippen molar-refractivity contribution in [2.75, 3.05) is 0 Å². The van der Waals surface area contributed by atoms with Gasteiger partial charge in [-0.2, -0.15) is 0 Å². The van der Waals surface area contributed by atoms with E-state index in [0.29, 0.717) is 5.02 Å². The number of sulfonamides is 1. The van der Waals surface area contributed by atoms with Crippen LogP contribution in [0.25, 0.3) is 0 Å². The highest BCUT2D eigenvalue weighted by Gasteiger charge is 2.21. The molecule has 7 heteroatoms. The quantitative estimate of drug-likeness (QED) is 0.871. The van der Waals surface area contributed by atoms with Crippen molar-refractivity contribution in [2.45, 2.75) is 6.42 Å². The number of halogens is 2. The number of amides is 1. The topological polar surface area (TPSA) is 63.2 Å². The summed E-state index contributed by atoms with van der Waals surface area (Å²) in [5.74, 6) is -0.833. The van der Waals surface area contributed by atoms with E-state index in [1.165, 1.54) is 18.2 Å². The molecular formula is C16H13Cl2NO3S. The molecule has 0 radical (unpaired) electrons. The normalized spacial score (nSPS) is 11.0. The van der Waals surface area contributed by atoms with E-state index in [4.69, 9.17) is 23.2 Å². The zero-order valence-corrected chi connectivity index (χ0v) is 14.3. The van der Waals surface area contributed by atoms with E-state index in [0.717, 1.165) is 5.56 Å². The van der Waals surface area contributed by atoms with Crippen molar-refractivity contribution in [3.05, 3.63) is 81.2 Å². The lowest BCUT2D eigenvalue weighted by atomic mass is 10.1. The fourth-order valence-corrected chi connectivity index (χ4v) is 3.19. The number of rotatable bonds is 5. The van der Waals surface area contributed by atoms with Crippen molar-refractivity contribution in [1.29, 1.82) is 0 Å². The number of benzene rings is 2. The number of hydrogen-bond donors (Lipinski definition) is 1. The summed E-state index contributed by atoms with van der Waals surface area (Å²) in [7, 11) is -4.02. The van der Waals surface area contributed by atoms with Crippen LogP contribution in [0.15, 0.2) is 60.0 Å². The van der Waals surface area contributed by atoms with Crippen LogP contribution in [-0.2, 0) is 16.4 Å². The Morgan fingerprint density at radius 1 is 1.09 bits per heavy atom. The highest BCUT2D eigenvalue weighted by atomic mass is 35.5. The van der Waals surface area contributed by atoms with Gasteiger partial charge in [0, 0.05) is 11.4 Å². The van der Waals surface area contributed by atoms with Crippen molar-refractivity contribution in [3.63, 3.8) is 0 Å². The van der Waals surface area contributed by atoms with Crippen LogP contribution in [0.3, 0.4) is 0 Å². The Kier molecular flexibility index (Phi) is 5.46. The highest BCUT2D eigenvalue weighted by Crippen LogP contribution is 2.21. The summed E-state index contributed by atoms with van der Waals surface area (Å²) in [4.78, 5) is 12.0. The maximum atomic E-state index is 12.2. The minimum absolute atomic E-state index is 0.0205. The Morgan fingerprint density at radius 2 is 1.74 bits per heavy atom. The first-order valence-corrected chi connectivity index (χ1v) is 8.77. The van der Waals surface area contributed by atoms with Gasteiger partial charge < -0.3 is 0 Å². The summed E-state index contributed by atoms with van der Waals surface area (Å²) in [6.45, 7) is 3.55. The minimum Gasteiger partial charge on any atom is -0.268 e. The van der Waals surface area contributed by atoms with Crippen LogP contribution in [0.4, 0.5) is 0 Å². The van der Waals surface area contributed by atoms with Gasteiger partial charge in [0.1, 0.15) is 0 Å². The predicted molar refractivity (Wildman–Crippen MR) is 92.1 cm³/mol. The predicted octanol–water partition coefficient (Wildman–Crippen LogP) is 3.81. The molecule has 1 amide bonds. The first-order chi connectivity index (χ1) is 10.8. The van der Waals surface area contributed by atoms with Crippen LogP contribution in [0.2, 0.25) is 10.0 Å². The molecule has 0 bridgehead atoms. The Balaban J connectivity index is 2.14. The van der Waals surface area contributed by atoms with Crippen LogP contribution in [0, 0.1) is 0 Å². The minimum atomic E-state index is -4.02. The lowest BCUT2D eigenvalue weighted by Gasteiger charge is -2.10. The van der Waals surface area contributed by atoms with Gasteiger partial charge in [-0.25, -0.2) is 13.1 Å².